The van der Waals surface area contributed by atoms with Crippen LogP contribution < -0.4 is 5.32 Å². The van der Waals surface area contributed by atoms with Crippen molar-refractivity contribution in [2.24, 2.45) is 0 Å². The van der Waals surface area contributed by atoms with E-state index in [4.69, 9.17) is 4.42 Å². The van der Waals surface area contributed by atoms with Gasteiger partial charge in [0, 0.05) is 24.9 Å². The van der Waals surface area contributed by atoms with Crippen LogP contribution in [0.15, 0.2) is 35.3 Å². The molecule has 9 heteroatoms. The van der Waals surface area contributed by atoms with Crippen LogP contribution in [0.3, 0.4) is 0 Å². The van der Waals surface area contributed by atoms with Gasteiger partial charge in [-0.1, -0.05) is 0 Å². The number of amides is 2. The first-order chi connectivity index (χ1) is 12.0. The standard InChI is InChI=1S/C16H20N4O5/c21-12(6-11-7-17-10-19-11)14(22)18-4-3-16(24)8-20(9-16)15(23)13-2-1-5-25-13/h1-2,5,7,10,12,21,24H,3-4,6,8-9H2,(H,17,19)(H,18,22)/t12-/m0/s1. The fourth-order valence-corrected chi connectivity index (χ4v) is 2.76. The molecule has 2 amide bonds. The molecule has 1 aliphatic heterocycles. The summed E-state index contributed by atoms with van der Waals surface area (Å²) in [4.78, 5) is 32.0. The number of hydrogen-bond donors (Lipinski definition) is 4. The van der Waals surface area contributed by atoms with E-state index in [-0.39, 0.29) is 44.1 Å². The largest absolute Gasteiger partial charge is 0.459 e. The van der Waals surface area contributed by atoms with Crippen LogP contribution in [0.5, 0.6) is 0 Å². The SMILES string of the molecule is O=C(NCCC1(O)CN(C(=O)c2ccco2)C1)[C@@H](O)Cc1cnc[nH]1. The maximum atomic E-state index is 12.0. The van der Waals surface area contributed by atoms with Crippen LogP contribution in [-0.2, 0) is 11.2 Å². The van der Waals surface area contributed by atoms with Gasteiger partial charge in [-0.3, -0.25) is 9.59 Å². The third-order valence-corrected chi connectivity index (χ3v) is 4.15. The Morgan fingerprint density at radius 1 is 1.48 bits per heavy atom. The van der Waals surface area contributed by atoms with Gasteiger partial charge in [-0.05, 0) is 18.6 Å². The van der Waals surface area contributed by atoms with Gasteiger partial charge in [-0.15, -0.1) is 0 Å². The molecule has 2 aromatic heterocycles. The van der Waals surface area contributed by atoms with E-state index in [1.165, 1.54) is 23.7 Å². The van der Waals surface area contributed by atoms with Crippen molar-refractivity contribution < 1.29 is 24.2 Å². The Kier molecular flexibility index (Phi) is 4.86. The predicted octanol–water partition coefficient (Wildman–Crippen LogP) is -0.700. The molecule has 0 unspecified atom stereocenters. The average molecular weight is 348 g/mol. The number of β-amino-alcohol motifs (C(OH)–C–C–N with tert-alkyl or cyclic N) is 1. The molecule has 1 atom stereocenters. The molecule has 2 aromatic rings. The number of hydrogen-bond acceptors (Lipinski definition) is 6. The van der Waals surface area contributed by atoms with Crippen molar-refractivity contribution in [3.63, 3.8) is 0 Å². The van der Waals surface area contributed by atoms with Crippen molar-refractivity contribution >= 4 is 11.8 Å². The van der Waals surface area contributed by atoms with Gasteiger partial charge >= 0.3 is 0 Å². The Morgan fingerprint density at radius 3 is 2.92 bits per heavy atom. The van der Waals surface area contributed by atoms with Gasteiger partial charge < -0.3 is 29.8 Å². The number of aromatic nitrogens is 2. The second kappa shape index (κ2) is 7.08. The molecule has 0 aliphatic carbocycles. The summed E-state index contributed by atoms with van der Waals surface area (Å²) in [5.41, 5.74) is -0.378. The zero-order valence-electron chi connectivity index (χ0n) is 13.5. The minimum absolute atomic E-state index is 0.140. The maximum absolute atomic E-state index is 12.0. The molecular formula is C16H20N4O5. The van der Waals surface area contributed by atoms with E-state index in [9.17, 15) is 19.8 Å². The van der Waals surface area contributed by atoms with Crippen LogP contribution in [0.25, 0.3) is 0 Å². The molecule has 1 saturated heterocycles. The molecule has 0 aromatic carbocycles. The van der Waals surface area contributed by atoms with Crippen LogP contribution in [0.4, 0.5) is 0 Å². The normalized spacial score (nSPS) is 17.0. The molecule has 3 rings (SSSR count). The molecule has 0 spiro atoms. The first-order valence-corrected chi connectivity index (χ1v) is 7.95. The van der Waals surface area contributed by atoms with Gasteiger partial charge in [-0.2, -0.15) is 0 Å². The molecule has 1 fully saturated rings. The number of carbonyl (C=O) groups is 2. The summed E-state index contributed by atoms with van der Waals surface area (Å²) >= 11 is 0. The van der Waals surface area contributed by atoms with Gasteiger partial charge in [0.15, 0.2) is 5.76 Å². The zero-order valence-corrected chi connectivity index (χ0v) is 13.5. The lowest BCUT2D eigenvalue weighted by Crippen LogP contribution is -2.64. The summed E-state index contributed by atoms with van der Waals surface area (Å²) in [6, 6.07) is 3.20. The fraction of sp³-hybridized carbons (Fsp3) is 0.438. The van der Waals surface area contributed by atoms with E-state index in [1.807, 2.05) is 0 Å². The van der Waals surface area contributed by atoms with E-state index in [0.29, 0.717) is 5.69 Å². The van der Waals surface area contributed by atoms with E-state index < -0.39 is 17.6 Å². The summed E-state index contributed by atoms with van der Waals surface area (Å²) in [6.07, 6.45) is 3.68. The third-order valence-electron chi connectivity index (χ3n) is 4.15. The number of imidazole rings is 1. The molecule has 3 heterocycles. The number of nitrogens with zero attached hydrogens (tertiary/aromatic N) is 2. The van der Waals surface area contributed by atoms with Gasteiger partial charge in [0.05, 0.1) is 25.7 Å². The lowest BCUT2D eigenvalue weighted by molar-refractivity contribution is -0.130. The van der Waals surface area contributed by atoms with Gasteiger partial charge in [0.2, 0.25) is 5.91 Å². The van der Waals surface area contributed by atoms with Crippen LogP contribution >= 0.6 is 0 Å². The Bertz CT molecular complexity index is 707. The number of aliphatic hydroxyl groups is 2. The molecular weight excluding hydrogens is 328 g/mol. The molecule has 4 N–H and O–H groups in total. The predicted molar refractivity (Wildman–Crippen MR) is 85.5 cm³/mol. The van der Waals surface area contributed by atoms with E-state index in [2.05, 4.69) is 15.3 Å². The van der Waals surface area contributed by atoms with Crippen molar-refractivity contribution in [3.05, 3.63) is 42.4 Å². The molecule has 1 aliphatic rings. The highest BCUT2D eigenvalue weighted by atomic mass is 16.3. The first-order valence-electron chi connectivity index (χ1n) is 7.95. The van der Waals surface area contributed by atoms with Gasteiger partial charge in [0.1, 0.15) is 11.7 Å². The van der Waals surface area contributed by atoms with Crippen LogP contribution in [0.2, 0.25) is 0 Å². The first kappa shape index (κ1) is 17.2. The van der Waals surface area contributed by atoms with Crippen LogP contribution in [-0.4, -0.2) is 68.2 Å². The minimum Gasteiger partial charge on any atom is -0.459 e. The number of furan rings is 1. The Morgan fingerprint density at radius 2 is 2.28 bits per heavy atom. The second-order valence-electron chi connectivity index (χ2n) is 6.20. The number of likely N-dealkylation sites (tertiary alicyclic amines) is 1. The summed E-state index contributed by atoms with van der Waals surface area (Å²) in [5.74, 6) is -0.549. The summed E-state index contributed by atoms with van der Waals surface area (Å²) in [5, 5.41) is 22.7. The van der Waals surface area contributed by atoms with E-state index >= 15 is 0 Å². The molecule has 9 nitrogen and oxygen atoms in total. The number of rotatable bonds is 7. The van der Waals surface area contributed by atoms with E-state index in [1.54, 1.807) is 12.1 Å². The van der Waals surface area contributed by atoms with Crippen molar-refractivity contribution in [3.8, 4) is 0 Å². The number of aromatic amines is 1. The van der Waals surface area contributed by atoms with Gasteiger partial charge in [0.25, 0.3) is 5.91 Å². The smallest absolute Gasteiger partial charge is 0.289 e. The molecule has 25 heavy (non-hydrogen) atoms. The Labute approximate surface area is 143 Å². The van der Waals surface area contributed by atoms with E-state index in [0.717, 1.165) is 0 Å². The lowest BCUT2D eigenvalue weighted by Gasteiger charge is -2.46. The summed E-state index contributed by atoms with van der Waals surface area (Å²) in [7, 11) is 0. The summed E-state index contributed by atoms with van der Waals surface area (Å²) < 4.78 is 5.04. The van der Waals surface area contributed by atoms with Crippen LogP contribution in [0, 0.1) is 0 Å². The third kappa shape index (κ3) is 4.06. The number of aliphatic hydroxyl groups excluding tert-OH is 1. The van der Waals surface area contributed by atoms with Crippen molar-refractivity contribution in [2.75, 3.05) is 19.6 Å². The maximum Gasteiger partial charge on any atom is 0.289 e. The summed E-state index contributed by atoms with van der Waals surface area (Å²) in [6.45, 7) is 0.566. The second-order valence-corrected chi connectivity index (χ2v) is 6.20. The van der Waals surface area contributed by atoms with Crippen LogP contribution in [0.1, 0.15) is 22.7 Å². The lowest BCUT2D eigenvalue weighted by atomic mass is 9.90. The highest BCUT2D eigenvalue weighted by Crippen LogP contribution is 2.25. The molecule has 0 radical (unpaired) electrons. The van der Waals surface area contributed by atoms with Crippen molar-refractivity contribution in [1.29, 1.82) is 0 Å². The fourth-order valence-electron chi connectivity index (χ4n) is 2.76. The zero-order chi connectivity index (χ0) is 17.9. The number of carbonyl (C=O) groups excluding carboxylic acids is 2. The number of nitrogens with one attached hydrogen (secondary N) is 2. The topological polar surface area (TPSA) is 132 Å². The van der Waals surface area contributed by atoms with Crippen molar-refractivity contribution in [1.82, 2.24) is 20.2 Å². The minimum atomic E-state index is -1.19. The van der Waals surface area contributed by atoms with Crippen molar-refractivity contribution in [2.45, 2.75) is 24.5 Å². The molecule has 134 valence electrons. The molecule has 0 saturated carbocycles. The number of H-pyrrole nitrogens is 1. The Hall–Kier alpha value is -2.65. The Balaban J connectivity index is 1.38. The molecule has 0 bridgehead atoms. The highest BCUT2D eigenvalue weighted by Gasteiger charge is 2.44. The van der Waals surface area contributed by atoms with Gasteiger partial charge in [-0.25, -0.2) is 4.98 Å². The highest BCUT2D eigenvalue weighted by molar-refractivity contribution is 5.92. The average Bonchev–Trinajstić information content (AvgIpc) is 3.24. The quantitative estimate of drug-likeness (QED) is 0.523. The monoisotopic (exact) mass is 348 g/mol.